The van der Waals surface area contributed by atoms with Crippen LogP contribution < -0.4 is 10.2 Å². The molecule has 0 N–H and O–H groups in total. The molecule has 2 aliphatic heterocycles. The second-order valence-corrected chi connectivity index (χ2v) is 6.76. The van der Waals surface area contributed by atoms with Crippen molar-refractivity contribution in [3.05, 3.63) is 24.3 Å². The quantitative estimate of drug-likeness (QED) is 0.799. The molecule has 0 aromatic heterocycles. The van der Waals surface area contributed by atoms with E-state index in [0.29, 0.717) is 6.61 Å². The Labute approximate surface area is 126 Å². The molecule has 5 heteroatoms. The molecule has 21 heavy (non-hydrogen) atoms. The van der Waals surface area contributed by atoms with Gasteiger partial charge in [-0.3, -0.25) is 0 Å². The fourth-order valence-corrected chi connectivity index (χ4v) is 2.51. The summed E-state index contributed by atoms with van der Waals surface area (Å²) in [4.78, 5) is 0. The molecule has 1 atom stereocenters. The van der Waals surface area contributed by atoms with Gasteiger partial charge in [0.25, 0.3) is 0 Å². The first kappa shape index (κ1) is 14.9. The molecule has 1 aromatic carbocycles. The van der Waals surface area contributed by atoms with Crippen LogP contribution in [0.5, 0.6) is 5.75 Å². The number of benzene rings is 1. The van der Waals surface area contributed by atoms with Gasteiger partial charge in [-0.05, 0) is 45.3 Å². The second kappa shape index (κ2) is 5.31. The van der Waals surface area contributed by atoms with Gasteiger partial charge in [0.1, 0.15) is 11.9 Å². The van der Waals surface area contributed by atoms with E-state index in [4.69, 9.17) is 18.8 Å². The van der Waals surface area contributed by atoms with Gasteiger partial charge in [0.2, 0.25) is 0 Å². The summed E-state index contributed by atoms with van der Waals surface area (Å²) in [6.45, 7) is 9.68. The van der Waals surface area contributed by atoms with Crippen molar-refractivity contribution in [2.45, 2.75) is 51.4 Å². The van der Waals surface area contributed by atoms with Crippen LogP contribution in [0.15, 0.2) is 24.3 Å². The van der Waals surface area contributed by atoms with Crippen LogP contribution in [0.3, 0.4) is 0 Å². The molecule has 0 spiro atoms. The molecule has 3 rings (SSSR count). The third-order valence-electron chi connectivity index (χ3n) is 4.57. The van der Waals surface area contributed by atoms with E-state index in [9.17, 15) is 0 Å². The largest absolute Gasteiger partial charge is 0.494 e. The Morgan fingerprint density at radius 3 is 2.48 bits per heavy atom. The van der Waals surface area contributed by atoms with Gasteiger partial charge in [0.15, 0.2) is 0 Å². The minimum absolute atomic E-state index is 0.151. The maximum atomic E-state index is 6.07. The van der Waals surface area contributed by atoms with E-state index in [0.717, 1.165) is 24.2 Å². The van der Waals surface area contributed by atoms with Gasteiger partial charge in [-0.15, -0.1) is 0 Å². The van der Waals surface area contributed by atoms with Crippen molar-refractivity contribution in [3.8, 4) is 5.75 Å². The van der Waals surface area contributed by atoms with E-state index in [2.05, 4.69) is 27.7 Å². The van der Waals surface area contributed by atoms with E-state index in [1.54, 1.807) is 0 Å². The third-order valence-corrected chi connectivity index (χ3v) is 4.57. The maximum Gasteiger partial charge on any atom is 0.494 e. The van der Waals surface area contributed by atoms with Gasteiger partial charge >= 0.3 is 7.12 Å². The molecule has 0 amide bonds. The minimum Gasteiger partial charge on any atom is -0.488 e. The molecule has 1 unspecified atom stereocenters. The minimum atomic E-state index is -0.349. The Hall–Kier alpha value is -1.04. The molecule has 2 heterocycles. The first-order valence-corrected chi connectivity index (χ1v) is 7.57. The molecule has 2 aliphatic rings. The highest BCUT2D eigenvalue weighted by atomic mass is 16.7. The summed E-state index contributed by atoms with van der Waals surface area (Å²) in [5.41, 5.74) is 0.340. The van der Waals surface area contributed by atoms with Gasteiger partial charge in [-0.25, -0.2) is 0 Å². The molecule has 1 aromatic rings. The summed E-state index contributed by atoms with van der Waals surface area (Å²) in [6.07, 6.45) is 1.10. The number of hydrogen-bond donors (Lipinski definition) is 0. The zero-order valence-electron chi connectivity index (χ0n) is 13.2. The highest BCUT2D eigenvalue weighted by Gasteiger charge is 2.51. The van der Waals surface area contributed by atoms with Crippen molar-refractivity contribution < 1.29 is 18.8 Å². The van der Waals surface area contributed by atoms with Crippen LogP contribution in [-0.2, 0) is 14.0 Å². The van der Waals surface area contributed by atoms with Gasteiger partial charge in [0.05, 0.1) is 24.4 Å². The average molecular weight is 290 g/mol. The third kappa shape index (κ3) is 2.96. The van der Waals surface area contributed by atoms with E-state index < -0.39 is 0 Å². The van der Waals surface area contributed by atoms with Crippen LogP contribution in [0.25, 0.3) is 0 Å². The summed E-state index contributed by atoms with van der Waals surface area (Å²) in [7, 11) is -0.349. The molecular weight excluding hydrogens is 267 g/mol. The lowest BCUT2D eigenvalue weighted by atomic mass is 9.79. The van der Waals surface area contributed by atoms with Gasteiger partial charge in [-0.2, -0.15) is 0 Å². The topological polar surface area (TPSA) is 36.9 Å². The second-order valence-electron chi connectivity index (χ2n) is 6.76. The van der Waals surface area contributed by atoms with Crippen LogP contribution in [-0.4, -0.2) is 37.6 Å². The van der Waals surface area contributed by atoms with Crippen molar-refractivity contribution >= 4 is 12.6 Å². The lowest BCUT2D eigenvalue weighted by molar-refractivity contribution is 0.00578. The monoisotopic (exact) mass is 290 g/mol. The predicted octanol–water partition coefficient (Wildman–Crippen LogP) is 2.15. The van der Waals surface area contributed by atoms with Gasteiger partial charge < -0.3 is 18.8 Å². The molecule has 0 radical (unpaired) electrons. The molecule has 0 aliphatic carbocycles. The Kier molecular flexibility index (Phi) is 3.76. The van der Waals surface area contributed by atoms with E-state index >= 15 is 0 Å². The first-order valence-electron chi connectivity index (χ1n) is 7.57. The van der Waals surface area contributed by atoms with Crippen molar-refractivity contribution in [3.63, 3.8) is 0 Å². The number of hydrogen-bond acceptors (Lipinski definition) is 4. The highest BCUT2D eigenvalue weighted by Crippen LogP contribution is 2.36. The standard InChI is InChI=1S/C16H23BO4/c1-15(2)16(3,4)21-17(20-15)12-6-5-7-13(10-12)19-14-8-9-18-11-14/h5-7,10,14H,8-9,11H2,1-4H3. The normalized spacial score (nSPS) is 27.0. The summed E-state index contributed by atoms with van der Waals surface area (Å²) in [5.74, 6) is 0.845. The van der Waals surface area contributed by atoms with Gasteiger partial charge in [-0.1, -0.05) is 12.1 Å². The Bertz CT molecular complexity index is 493. The summed E-state index contributed by atoms with van der Waals surface area (Å²) in [6, 6.07) is 7.96. The molecule has 2 fully saturated rings. The maximum absolute atomic E-state index is 6.07. The highest BCUT2D eigenvalue weighted by molar-refractivity contribution is 6.62. The average Bonchev–Trinajstić information content (AvgIpc) is 2.97. The van der Waals surface area contributed by atoms with Crippen LogP contribution in [0, 0.1) is 0 Å². The van der Waals surface area contributed by atoms with E-state index in [-0.39, 0.29) is 24.4 Å². The molecular formula is C16H23BO4. The summed E-state index contributed by atoms with van der Waals surface area (Å²) >= 11 is 0. The fraction of sp³-hybridized carbons (Fsp3) is 0.625. The van der Waals surface area contributed by atoms with Gasteiger partial charge in [0, 0.05) is 6.42 Å². The van der Waals surface area contributed by atoms with E-state index in [1.165, 1.54) is 0 Å². The van der Waals surface area contributed by atoms with Crippen LogP contribution in [0.1, 0.15) is 34.1 Å². The molecule has 2 saturated heterocycles. The molecule has 0 bridgehead atoms. The van der Waals surface area contributed by atoms with Crippen molar-refractivity contribution in [1.82, 2.24) is 0 Å². The Morgan fingerprint density at radius 2 is 1.86 bits per heavy atom. The summed E-state index contributed by atoms with van der Waals surface area (Å²) in [5, 5.41) is 0. The van der Waals surface area contributed by atoms with Crippen LogP contribution in [0.4, 0.5) is 0 Å². The van der Waals surface area contributed by atoms with Crippen molar-refractivity contribution in [2.24, 2.45) is 0 Å². The smallest absolute Gasteiger partial charge is 0.488 e. The Balaban J connectivity index is 1.74. The first-order chi connectivity index (χ1) is 9.87. The zero-order chi connectivity index (χ0) is 15.1. The van der Waals surface area contributed by atoms with Crippen molar-refractivity contribution in [2.75, 3.05) is 13.2 Å². The predicted molar refractivity (Wildman–Crippen MR) is 82.0 cm³/mol. The number of ether oxygens (including phenoxy) is 2. The SMILES string of the molecule is CC1(C)OB(c2cccc(OC3CCOC3)c2)OC1(C)C. The Morgan fingerprint density at radius 1 is 1.14 bits per heavy atom. The number of rotatable bonds is 3. The van der Waals surface area contributed by atoms with Crippen LogP contribution in [0.2, 0.25) is 0 Å². The molecule has 0 saturated carbocycles. The van der Waals surface area contributed by atoms with Crippen molar-refractivity contribution in [1.29, 1.82) is 0 Å². The lowest BCUT2D eigenvalue weighted by Gasteiger charge is -2.32. The molecule has 4 nitrogen and oxygen atoms in total. The fourth-order valence-electron chi connectivity index (χ4n) is 2.51. The van der Waals surface area contributed by atoms with E-state index in [1.807, 2.05) is 24.3 Å². The summed E-state index contributed by atoms with van der Waals surface area (Å²) < 4.78 is 23.4. The molecule has 114 valence electrons. The van der Waals surface area contributed by atoms with Crippen LogP contribution >= 0.6 is 0 Å². The lowest BCUT2D eigenvalue weighted by Crippen LogP contribution is -2.41. The zero-order valence-corrected chi connectivity index (χ0v) is 13.2.